The van der Waals surface area contributed by atoms with Crippen LogP contribution in [0.25, 0.3) is 0 Å². The number of ether oxygens (including phenoxy) is 1. The van der Waals surface area contributed by atoms with Crippen LogP contribution in [0.15, 0.2) is 28.7 Å². The van der Waals surface area contributed by atoms with Crippen LogP contribution in [0.4, 0.5) is 0 Å². The molecule has 1 aliphatic heterocycles. The van der Waals surface area contributed by atoms with Crippen molar-refractivity contribution in [1.29, 1.82) is 0 Å². The van der Waals surface area contributed by atoms with Gasteiger partial charge in [-0.25, -0.2) is 0 Å². The topological polar surface area (TPSA) is 29.5 Å². The zero-order valence-corrected chi connectivity index (χ0v) is 10.7. The second kappa shape index (κ2) is 4.97. The molecule has 86 valence electrons. The van der Waals surface area contributed by atoms with Gasteiger partial charge < -0.3 is 4.74 Å². The molecule has 0 amide bonds. The second-order valence-electron chi connectivity index (χ2n) is 3.89. The molecule has 1 aromatic carbocycles. The Balaban J connectivity index is 2.01. The molecular weight excluding hydrogens is 270 g/mol. The van der Waals surface area contributed by atoms with Gasteiger partial charge >= 0.3 is 5.97 Å². The lowest BCUT2D eigenvalue weighted by atomic mass is 10.0. The van der Waals surface area contributed by atoms with E-state index in [1.54, 1.807) is 0 Å². The van der Waals surface area contributed by atoms with Gasteiger partial charge in [-0.15, -0.1) is 0 Å². The number of carbonyl (C=O) groups is 1. The van der Waals surface area contributed by atoms with Crippen molar-refractivity contribution in [2.75, 3.05) is 13.7 Å². The van der Waals surface area contributed by atoms with E-state index in [9.17, 15) is 4.79 Å². The van der Waals surface area contributed by atoms with E-state index in [1.165, 1.54) is 12.7 Å². The number of likely N-dealkylation sites (tertiary alicyclic amines) is 1. The highest BCUT2D eigenvalue weighted by atomic mass is 79.9. The number of benzene rings is 1. The van der Waals surface area contributed by atoms with E-state index in [2.05, 4.69) is 26.9 Å². The van der Waals surface area contributed by atoms with Gasteiger partial charge in [-0.1, -0.05) is 34.1 Å². The largest absolute Gasteiger partial charge is 0.468 e. The summed E-state index contributed by atoms with van der Waals surface area (Å²) >= 11 is 3.51. The smallest absolute Gasteiger partial charge is 0.323 e. The zero-order chi connectivity index (χ0) is 11.5. The van der Waals surface area contributed by atoms with Crippen molar-refractivity contribution < 1.29 is 9.53 Å². The van der Waals surface area contributed by atoms with Gasteiger partial charge in [0, 0.05) is 17.6 Å². The van der Waals surface area contributed by atoms with Crippen LogP contribution in [0.3, 0.4) is 0 Å². The first kappa shape index (κ1) is 11.6. The van der Waals surface area contributed by atoms with E-state index in [0.29, 0.717) is 0 Å². The monoisotopic (exact) mass is 283 g/mol. The summed E-state index contributed by atoms with van der Waals surface area (Å²) in [5.74, 6) is -0.127. The molecule has 0 saturated carbocycles. The van der Waals surface area contributed by atoms with Gasteiger partial charge in [-0.3, -0.25) is 9.69 Å². The fraction of sp³-hybridized carbons (Fsp3) is 0.417. The number of carbonyl (C=O) groups excluding carboxylic acids is 1. The Bertz CT molecular complexity index is 394. The maximum atomic E-state index is 11.4. The molecule has 0 spiro atoms. The average Bonchev–Trinajstić information content (AvgIpc) is 2.26. The van der Waals surface area contributed by atoms with Crippen molar-refractivity contribution in [3.8, 4) is 0 Å². The molecule has 1 atom stereocenters. The van der Waals surface area contributed by atoms with Gasteiger partial charge in [-0.05, 0) is 18.1 Å². The van der Waals surface area contributed by atoms with E-state index >= 15 is 0 Å². The molecular formula is C12H14BrNO2. The number of hydrogen-bond donors (Lipinski definition) is 0. The van der Waals surface area contributed by atoms with Crippen molar-refractivity contribution in [2.45, 2.75) is 19.0 Å². The van der Waals surface area contributed by atoms with Crippen LogP contribution >= 0.6 is 15.9 Å². The Labute approximate surface area is 104 Å². The minimum Gasteiger partial charge on any atom is -0.468 e. The number of halogens is 1. The number of nitrogens with zero attached hydrogens (tertiary/aromatic N) is 1. The molecule has 0 bridgehead atoms. The van der Waals surface area contributed by atoms with Crippen LogP contribution in [0.5, 0.6) is 0 Å². The molecule has 0 aliphatic carbocycles. The Morgan fingerprint density at radius 3 is 2.88 bits per heavy atom. The summed E-state index contributed by atoms with van der Waals surface area (Å²) < 4.78 is 5.85. The predicted octanol–water partition coefficient (Wildman–Crippen LogP) is 2.20. The number of rotatable bonds is 3. The Hall–Kier alpha value is -0.870. The number of esters is 1. The van der Waals surface area contributed by atoms with Crippen LogP contribution in [0.1, 0.15) is 12.0 Å². The van der Waals surface area contributed by atoms with Gasteiger partial charge in [0.1, 0.15) is 6.04 Å². The Morgan fingerprint density at radius 2 is 2.31 bits per heavy atom. The summed E-state index contributed by atoms with van der Waals surface area (Å²) in [7, 11) is 1.44. The van der Waals surface area contributed by atoms with E-state index in [-0.39, 0.29) is 12.0 Å². The summed E-state index contributed by atoms with van der Waals surface area (Å²) in [5.41, 5.74) is 1.20. The highest BCUT2D eigenvalue weighted by molar-refractivity contribution is 9.10. The first-order valence-corrected chi connectivity index (χ1v) is 6.07. The van der Waals surface area contributed by atoms with Crippen LogP contribution in [0.2, 0.25) is 0 Å². The van der Waals surface area contributed by atoms with E-state index in [0.717, 1.165) is 24.0 Å². The maximum Gasteiger partial charge on any atom is 0.323 e. The molecule has 4 heteroatoms. The summed E-state index contributed by atoms with van der Waals surface area (Å²) in [4.78, 5) is 13.5. The number of hydrogen-bond acceptors (Lipinski definition) is 3. The molecule has 1 heterocycles. The third-order valence-electron chi connectivity index (χ3n) is 2.94. The molecule has 3 nitrogen and oxygen atoms in total. The average molecular weight is 284 g/mol. The normalized spacial score (nSPS) is 20.2. The second-order valence-corrected chi connectivity index (χ2v) is 4.74. The minimum atomic E-state index is -0.127. The third kappa shape index (κ3) is 2.28. The Morgan fingerprint density at radius 1 is 1.56 bits per heavy atom. The molecule has 16 heavy (non-hydrogen) atoms. The van der Waals surface area contributed by atoms with Gasteiger partial charge in [0.25, 0.3) is 0 Å². The molecule has 1 aliphatic rings. The predicted molar refractivity (Wildman–Crippen MR) is 65.0 cm³/mol. The third-order valence-corrected chi connectivity index (χ3v) is 3.71. The zero-order valence-electron chi connectivity index (χ0n) is 9.15. The van der Waals surface area contributed by atoms with Crippen molar-refractivity contribution in [3.63, 3.8) is 0 Å². The SMILES string of the molecule is COC(=O)[C@H]1CCN1Cc1ccccc1Br. The van der Waals surface area contributed by atoms with Gasteiger partial charge in [0.05, 0.1) is 7.11 Å². The molecule has 2 rings (SSSR count). The Kier molecular flexibility index (Phi) is 3.61. The molecule has 1 fully saturated rings. The minimum absolute atomic E-state index is 0.0582. The molecule has 0 aromatic heterocycles. The lowest BCUT2D eigenvalue weighted by Crippen LogP contribution is -2.52. The quantitative estimate of drug-likeness (QED) is 0.797. The van der Waals surface area contributed by atoms with Crippen molar-refractivity contribution in [2.24, 2.45) is 0 Å². The van der Waals surface area contributed by atoms with E-state index < -0.39 is 0 Å². The lowest BCUT2D eigenvalue weighted by molar-refractivity contribution is -0.152. The lowest BCUT2D eigenvalue weighted by Gasteiger charge is -2.38. The fourth-order valence-corrected chi connectivity index (χ4v) is 2.29. The molecule has 0 radical (unpaired) electrons. The molecule has 0 N–H and O–H groups in total. The van der Waals surface area contributed by atoms with Gasteiger partial charge in [0.2, 0.25) is 0 Å². The summed E-state index contributed by atoms with van der Waals surface area (Å²) in [6.45, 7) is 1.75. The standard InChI is InChI=1S/C12H14BrNO2/c1-16-12(15)11-6-7-14(11)8-9-4-2-3-5-10(9)13/h2-5,11H,6-8H2,1H3/t11-/m1/s1. The highest BCUT2D eigenvalue weighted by Gasteiger charge is 2.34. The van der Waals surface area contributed by atoms with E-state index in [1.807, 2.05) is 18.2 Å². The molecule has 1 aromatic rings. The van der Waals surface area contributed by atoms with Gasteiger partial charge in [0.15, 0.2) is 0 Å². The number of methoxy groups -OCH3 is 1. The highest BCUT2D eigenvalue weighted by Crippen LogP contribution is 2.24. The molecule has 0 unspecified atom stereocenters. The van der Waals surface area contributed by atoms with E-state index in [4.69, 9.17) is 4.74 Å². The summed E-state index contributed by atoms with van der Waals surface area (Å²) in [6.07, 6.45) is 0.900. The first-order valence-electron chi connectivity index (χ1n) is 5.27. The maximum absolute atomic E-state index is 11.4. The van der Waals surface area contributed by atoms with Crippen molar-refractivity contribution in [3.05, 3.63) is 34.3 Å². The van der Waals surface area contributed by atoms with Crippen LogP contribution in [0, 0.1) is 0 Å². The van der Waals surface area contributed by atoms with Crippen LogP contribution < -0.4 is 0 Å². The van der Waals surface area contributed by atoms with Crippen molar-refractivity contribution >= 4 is 21.9 Å². The van der Waals surface area contributed by atoms with Crippen molar-refractivity contribution in [1.82, 2.24) is 4.90 Å². The van der Waals surface area contributed by atoms with Crippen LogP contribution in [-0.2, 0) is 16.1 Å². The fourth-order valence-electron chi connectivity index (χ4n) is 1.88. The van der Waals surface area contributed by atoms with Gasteiger partial charge in [-0.2, -0.15) is 0 Å². The van der Waals surface area contributed by atoms with Crippen LogP contribution in [-0.4, -0.2) is 30.6 Å². The summed E-state index contributed by atoms with van der Waals surface area (Å²) in [6, 6.07) is 8.02. The summed E-state index contributed by atoms with van der Waals surface area (Å²) in [5, 5.41) is 0. The first-order chi connectivity index (χ1) is 7.72. The molecule has 1 saturated heterocycles.